The lowest BCUT2D eigenvalue weighted by molar-refractivity contribution is -0.148. The second kappa shape index (κ2) is 11.9. The molecule has 0 aliphatic carbocycles. The summed E-state index contributed by atoms with van der Waals surface area (Å²) in [5.41, 5.74) is 13.2. The van der Waals surface area contributed by atoms with Crippen LogP contribution in [0.3, 0.4) is 0 Å². The SMILES string of the molecule is NC(=O)[C@H](Cc1ccccc1)NC(=O)[C@@H]1CCCN1C(=O)[C@@H](N)CC(=O)OCc1ccccc1. The lowest BCUT2D eigenvalue weighted by Gasteiger charge is -2.27. The molecule has 9 nitrogen and oxygen atoms in total. The summed E-state index contributed by atoms with van der Waals surface area (Å²) in [7, 11) is 0. The number of nitrogens with two attached hydrogens (primary N) is 2. The molecule has 2 aromatic rings. The molecule has 0 radical (unpaired) electrons. The average molecular weight is 467 g/mol. The van der Waals surface area contributed by atoms with E-state index >= 15 is 0 Å². The molecule has 34 heavy (non-hydrogen) atoms. The molecule has 1 saturated heterocycles. The van der Waals surface area contributed by atoms with E-state index in [0.717, 1.165) is 11.1 Å². The van der Waals surface area contributed by atoms with Crippen LogP contribution in [0.2, 0.25) is 0 Å². The van der Waals surface area contributed by atoms with Crippen molar-refractivity contribution in [2.24, 2.45) is 11.5 Å². The van der Waals surface area contributed by atoms with Crippen molar-refractivity contribution in [3.63, 3.8) is 0 Å². The Morgan fingerprint density at radius 2 is 1.62 bits per heavy atom. The first-order chi connectivity index (χ1) is 16.3. The highest BCUT2D eigenvalue weighted by molar-refractivity contribution is 5.94. The Hall–Kier alpha value is -3.72. The molecule has 1 heterocycles. The lowest BCUT2D eigenvalue weighted by atomic mass is 10.0. The Morgan fingerprint density at radius 3 is 2.24 bits per heavy atom. The van der Waals surface area contributed by atoms with Gasteiger partial charge in [-0.3, -0.25) is 19.2 Å². The van der Waals surface area contributed by atoms with Crippen LogP contribution >= 0.6 is 0 Å². The van der Waals surface area contributed by atoms with Gasteiger partial charge in [-0.15, -0.1) is 0 Å². The molecule has 180 valence electrons. The van der Waals surface area contributed by atoms with Crippen molar-refractivity contribution in [1.29, 1.82) is 0 Å². The average Bonchev–Trinajstić information content (AvgIpc) is 3.33. The minimum atomic E-state index is -1.13. The number of likely N-dealkylation sites (tertiary alicyclic amines) is 1. The monoisotopic (exact) mass is 466 g/mol. The Balaban J connectivity index is 1.55. The fraction of sp³-hybridized carbons (Fsp3) is 0.360. The van der Waals surface area contributed by atoms with Crippen molar-refractivity contribution < 1.29 is 23.9 Å². The van der Waals surface area contributed by atoms with Crippen LogP contribution in [0.15, 0.2) is 60.7 Å². The van der Waals surface area contributed by atoms with Gasteiger partial charge in [0.05, 0.1) is 12.5 Å². The molecule has 3 amide bonds. The van der Waals surface area contributed by atoms with Crippen molar-refractivity contribution in [3.8, 4) is 0 Å². The maximum absolute atomic E-state index is 12.9. The second-order valence-corrected chi connectivity index (χ2v) is 8.30. The molecule has 3 atom stereocenters. The van der Waals surface area contributed by atoms with E-state index in [2.05, 4.69) is 5.32 Å². The first-order valence-corrected chi connectivity index (χ1v) is 11.2. The zero-order chi connectivity index (χ0) is 24.5. The van der Waals surface area contributed by atoms with Crippen molar-refractivity contribution in [1.82, 2.24) is 10.2 Å². The number of hydrogen-bond acceptors (Lipinski definition) is 6. The maximum atomic E-state index is 12.9. The summed E-state index contributed by atoms with van der Waals surface area (Å²) in [6.45, 7) is 0.425. The van der Waals surface area contributed by atoms with E-state index in [4.69, 9.17) is 16.2 Å². The molecule has 2 aromatic carbocycles. The normalized spacial score (nSPS) is 17.0. The number of nitrogens with zero attached hydrogens (tertiary/aromatic N) is 1. The smallest absolute Gasteiger partial charge is 0.308 e. The Kier molecular flexibility index (Phi) is 8.75. The number of ether oxygens (including phenoxy) is 1. The van der Waals surface area contributed by atoms with Crippen molar-refractivity contribution in [2.45, 2.75) is 50.4 Å². The van der Waals surface area contributed by atoms with Gasteiger partial charge >= 0.3 is 5.97 Å². The van der Waals surface area contributed by atoms with Crippen LogP contribution in [0.25, 0.3) is 0 Å². The molecule has 0 unspecified atom stereocenters. The summed E-state index contributed by atoms with van der Waals surface area (Å²) in [4.78, 5) is 51.3. The number of hydrogen-bond donors (Lipinski definition) is 3. The topological polar surface area (TPSA) is 145 Å². The van der Waals surface area contributed by atoms with E-state index in [1.807, 2.05) is 60.7 Å². The van der Waals surface area contributed by atoms with Gasteiger partial charge in [0.15, 0.2) is 0 Å². The lowest BCUT2D eigenvalue weighted by Crippen LogP contribution is -2.55. The molecule has 3 rings (SSSR count). The van der Waals surface area contributed by atoms with E-state index in [1.165, 1.54) is 4.90 Å². The summed E-state index contributed by atoms with van der Waals surface area (Å²) in [6, 6.07) is 15.5. The minimum absolute atomic E-state index is 0.0885. The quantitative estimate of drug-likeness (QED) is 0.439. The number of primary amides is 1. The summed E-state index contributed by atoms with van der Waals surface area (Å²) in [6.07, 6.45) is 0.984. The summed E-state index contributed by atoms with van der Waals surface area (Å²) < 4.78 is 5.20. The standard InChI is InChI=1S/C25H30N4O5/c26-19(15-22(30)34-16-18-10-5-2-6-11-18)25(33)29-13-7-12-21(29)24(32)28-20(23(27)31)14-17-8-3-1-4-9-17/h1-6,8-11,19-21H,7,12-16,26H2,(H2,27,31)(H,28,32)/t19-,20-,21-/m0/s1. The highest BCUT2D eigenvalue weighted by Crippen LogP contribution is 2.19. The number of carbonyl (C=O) groups is 4. The molecule has 0 aromatic heterocycles. The van der Waals surface area contributed by atoms with Gasteiger partial charge < -0.3 is 26.4 Å². The highest BCUT2D eigenvalue weighted by atomic mass is 16.5. The second-order valence-electron chi connectivity index (χ2n) is 8.30. The van der Waals surface area contributed by atoms with Gasteiger partial charge in [0.1, 0.15) is 18.7 Å². The van der Waals surface area contributed by atoms with Crippen LogP contribution in [0.4, 0.5) is 0 Å². The molecule has 0 spiro atoms. The van der Waals surface area contributed by atoms with Crippen LogP contribution in [0, 0.1) is 0 Å². The predicted molar refractivity (Wildman–Crippen MR) is 125 cm³/mol. The third kappa shape index (κ3) is 6.89. The zero-order valence-electron chi connectivity index (χ0n) is 18.9. The first kappa shape index (κ1) is 24.9. The van der Waals surface area contributed by atoms with Gasteiger partial charge in [0.2, 0.25) is 17.7 Å². The van der Waals surface area contributed by atoms with Gasteiger partial charge in [0, 0.05) is 13.0 Å². The van der Waals surface area contributed by atoms with Gasteiger partial charge in [0.25, 0.3) is 0 Å². The van der Waals surface area contributed by atoms with Crippen LogP contribution in [-0.4, -0.2) is 53.3 Å². The number of esters is 1. The van der Waals surface area contributed by atoms with Gasteiger partial charge in [-0.05, 0) is 24.0 Å². The number of rotatable bonds is 10. The first-order valence-electron chi connectivity index (χ1n) is 11.2. The summed E-state index contributed by atoms with van der Waals surface area (Å²) in [5.74, 6) is -2.23. The van der Waals surface area contributed by atoms with Crippen LogP contribution in [0.5, 0.6) is 0 Å². The number of carbonyl (C=O) groups excluding carboxylic acids is 4. The molecule has 0 saturated carbocycles. The minimum Gasteiger partial charge on any atom is -0.461 e. The number of nitrogens with one attached hydrogen (secondary N) is 1. The molecular formula is C25H30N4O5. The van der Waals surface area contributed by atoms with Crippen LogP contribution in [0.1, 0.15) is 30.4 Å². The molecule has 1 aliphatic heterocycles. The van der Waals surface area contributed by atoms with Crippen LogP contribution in [-0.2, 0) is 36.9 Å². The van der Waals surface area contributed by atoms with Crippen LogP contribution < -0.4 is 16.8 Å². The van der Waals surface area contributed by atoms with E-state index in [-0.39, 0.29) is 19.4 Å². The van der Waals surface area contributed by atoms with E-state index < -0.39 is 41.8 Å². The third-order valence-electron chi connectivity index (χ3n) is 5.73. The van der Waals surface area contributed by atoms with Crippen molar-refractivity contribution >= 4 is 23.7 Å². The van der Waals surface area contributed by atoms with Gasteiger partial charge in [-0.1, -0.05) is 60.7 Å². The molecule has 0 bridgehead atoms. The van der Waals surface area contributed by atoms with Gasteiger partial charge in [-0.2, -0.15) is 0 Å². The molecular weight excluding hydrogens is 436 g/mol. The summed E-state index contributed by atoms with van der Waals surface area (Å²) in [5, 5.41) is 2.67. The zero-order valence-corrected chi connectivity index (χ0v) is 18.9. The molecule has 1 fully saturated rings. The summed E-state index contributed by atoms with van der Waals surface area (Å²) >= 11 is 0. The molecule has 1 aliphatic rings. The highest BCUT2D eigenvalue weighted by Gasteiger charge is 2.37. The Morgan fingerprint density at radius 1 is 1.00 bits per heavy atom. The Labute approximate surface area is 198 Å². The number of benzene rings is 2. The van der Waals surface area contributed by atoms with E-state index in [0.29, 0.717) is 19.4 Å². The van der Waals surface area contributed by atoms with Gasteiger partial charge in [-0.25, -0.2) is 0 Å². The van der Waals surface area contributed by atoms with E-state index in [1.54, 1.807) is 0 Å². The third-order valence-corrected chi connectivity index (χ3v) is 5.73. The maximum Gasteiger partial charge on any atom is 0.308 e. The predicted octanol–water partition coefficient (Wildman–Crippen LogP) is 0.651. The molecule has 5 N–H and O–H groups in total. The van der Waals surface area contributed by atoms with Crippen molar-refractivity contribution in [2.75, 3.05) is 6.54 Å². The Bertz CT molecular complexity index is 999. The van der Waals surface area contributed by atoms with Crippen molar-refractivity contribution in [3.05, 3.63) is 71.8 Å². The largest absolute Gasteiger partial charge is 0.461 e. The van der Waals surface area contributed by atoms with E-state index in [9.17, 15) is 19.2 Å². The molecule has 9 heteroatoms. The fourth-order valence-electron chi connectivity index (χ4n) is 3.92. The number of amides is 3. The fourth-order valence-corrected chi connectivity index (χ4v) is 3.92.